The first-order chi connectivity index (χ1) is 4.61. The maximum Gasteiger partial charge on any atom is 0.195 e. The van der Waals surface area contributed by atoms with Crippen LogP contribution in [0, 0.1) is 5.21 Å². The first-order valence-electron chi connectivity index (χ1n) is 2.34. The van der Waals surface area contributed by atoms with Gasteiger partial charge >= 0.3 is 0 Å². The Bertz CT molecular complexity index is 240. The molecule has 0 unspecified atom stereocenters. The third-order valence-electron chi connectivity index (χ3n) is 0.901. The molecular weight excluding hydrogens is 330 g/mol. The Morgan fingerprint density at radius 2 is 1.50 bits per heavy atom. The number of hydrogen-bond donors (Lipinski definition) is 0. The molecule has 1 heterocycles. The number of hydrogen-bond acceptors (Lipinski definition) is 1. The molecule has 0 saturated carbocycles. The van der Waals surface area contributed by atoms with Crippen LogP contribution in [0.1, 0.15) is 0 Å². The Morgan fingerprint density at radius 3 is 1.90 bits per heavy atom. The average Bonchev–Trinajstić information content (AvgIpc) is 1.82. The second-order valence-corrected chi connectivity index (χ2v) is 4.13. The lowest BCUT2D eigenvalue weighted by atomic mass is 10.5. The quantitative estimate of drug-likeness (QED) is 0.530. The van der Waals surface area contributed by atoms with Crippen LogP contribution in [0.4, 0.5) is 0 Å². The van der Waals surface area contributed by atoms with Gasteiger partial charge in [0.05, 0.1) is 13.4 Å². The van der Waals surface area contributed by atoms with E-state index < -0.39 is 0 Å². The van der Waals surface area contributed by atoms with Gasteiger partial charge in [-0.1, -0.05) is 0 Å². The Hall–Kier alpha value is 0.390. The maximum absolute atomic E-state index is 10.7. The molecule has 0 aromatic carbocycles. The lowest BCUT2D eigenvalue weighted by molar-refractivity contribution is -0.606. The fraction of sp³-hybridized carbons (Fsp3) is 0. The SMILES string of the molecule is [O-][n+]1cc(Br)c(Br)c(Br)c1. The van der Waals surface area contributed by atoms with Crippen LogP contribution < -0.4 is 4.73 Å². The molecule has 0 spiro atoms. The maximum atomic E-state index is 10.7. The number of nitrogens with zero attached hydrogens (tertiary/aromatic N) is 1. The van der Waals surface area contributed by atoms with Gasteiger partial charge in [-0.15, -0.1) is 0 Å². The van der Waals surface area contributed by atoms with Crippen molar-refractivity contribution in [3.8, 4) is 0 Å². The molecule has 1 rings (SSSR count). The van der Waals surface area contributed by atoms with Crippen LogP contribution in [0.2, 0.25) is 0 Å². The average molecular weight is 332 g/mol. The van der Waals surface area contributed by atoms with Crippen LogP contribution >= 0.6 is 47.8 Å². The summed E-state index contributed by atoms with van der Waals surface area (Å²) >= 11 is 9.67. The van der Waals surface area contributed by atoms with Crippen LogP contribution in [0.3, 0.4) is 0 Å². The van der Waals surface area contributed by atoms with Crippen LogP contribution in [-0.4, -0.2) is 0 Å². The summed E-state index contributed by atoms with van der Waals surface area (Å²) in [4.78, 5) is 0. The van der Waals surface area contributed by atoms with Crippen LogP contribution in [0.15, 0.2) is 25.8 Å². The third-order valence-corrected chi connectivity index (χ3v) is 4.02. The van der Waals surface area contributed by atoms with Crippen molar-refractivity contribution in [2.75, 3.05) is 0 Å². The van der Waals surface area contributed by atoms with E-state index in [1.165, 1.54) is 12.4 Å². The van der Waals surface area contributed by atoms with E-state index in [4.69, 9.17) is 0 Å². The van der Waals surface area contributed by atoms with Gasteiger partial charge in [-0.25, -0.2) is 0 Å². The Labute approximate surface area is 83.2 Å². The van der Waals surface area contributed by atoms with E-state index in [1.807, 2.05) is 0 Å². The molecule has 1 aromatic rings. The second kappa shape index (κ2) is 3.19. The molecule has 0 fully saturated rings. The summed E-state index contributed by atoms with van der Waals surface area (Å²) in [5, 5.41) is 10.7. The highest BCUT2D eigenvalue weighted by molar-refractivity contribution is 9.14. The standard InChI is InChI=1S/C5H2Br3NO/c6-3-1-9(10)2-4(7)5(3)8/h1-2H. The lowest BCUT2D eigenvalue weighted by Crippen LogP contribution is -2.24. The van der Waals surface area contributed by atoms with E-state index in [-0.39, 0.29) is 0 Å². The molecule has 1 aromatic heterocycles. The Kier molecular flexibility index (Phi) is 2.71. The summed E-state index contributed by atoms with van der Waals surface area (Å²) in [6, 6.07) is 0. The van der Waals surface area contributed by atoms with E-state index in [0.717, 1.165) is 18.1 Å². The number of rotatable bonds is 0. The molecule has 0 aliphatic rings. The van der Waals surface area contributed by atoms with Gasteiger partial charge in [0, 0.05) is 0 Å². The highest BCUT2D eigenvalue weighted by Crippen LogP contribution is 2.28. The molecule has 0 radical (unpaired) electrons. The largest absolute Gasteiger partial charge is 0.619 e. The third kappa shape index (κ3) is 1.71. The van der Waals surface area contributed by atoms with E-state index in [1.54, 1.807) is 0 Å². The minimum Gasteiger partial charge on any atom is -0.619 e. The van der Waals surface area contributed by atoms with Gasteiger partial charge in [0.2, 0.25) is 0 Å². The topological polar surface area (TPSA) is 26.9 Å². The summed E-state index contributed by atoms with van der Waals surface area (Å²) in [6.07, 6.45) is 2.85. The zero-order valence-electron chi connectivity index (χ0n) is 4.64. The summed E-state index contributed by atoms with van der Waals surface area (Å²) in [5.74, 6) is 0. The zero-order valence-corrected chi connectivity index (χ0v) is 9.40. The molecule has 0 aliphatic carbocycles. The van der Waals surface area contributed by atoms with Crippen molar-refractivity contribution in [2.45, 2.75) is 0 Å². The van der Waals surface area contributed by atoms with E-state index in [0.29, 0.717) is 0 Å². The normalized spacial score (nSPS) is 9.90. The number of halogens is 3. The fourth-order valence-corrected chi connectivity index (χ4v) is 1.79. The van der Waals surface area contributed by atoms with Crippen LogP contribution in [0.25, 0.3) is 0 Å². The fourth-order valence-electron chi connectivity index (χ4n) is 0.488. The second-order valence-electron chi connectivity index (χ2n) is 1.63. The predicted molar refractivity (Wildman–Crippen MR) is 48.5 cm³/mol. The minimum absolute atomic E-state index is 0.721. The summed E-state index contributed by atoms with van der Waals surface area (Å²) in [5.41, 5.74) is 0. The summed E-state index contributed by atoms with van der Waals surface area (Å²) in [6.45, 7) is 0. The Morgan fingerprint density at radius 1 is 1.10 bits per heavy atom. The van der Waals surface area contributed by atoms with Gasteiger partial charge < -0.3 is 5.21 Å². The summed E-state index contributed by atoms with van der Waals surface area (Å²) in [7, 11) is 0. The van der Waals surface area contributed by atoms with E-state index >= 15 is 0 Å². The molecule has 0 amide bonds. The number of pyridine rings is 1. The zero-order chi connectivity index (χ0) is 7.72. The van der Waals surface area contributed by atoms with Crippen molar-refractivity contribution >= 4 is 47.8 Å². The van der Waals surface area contributed by atoms with Crippen molar-refractivity contribution in [1.29, 1.82) is 0 Å². The van der Waals surface area contributed by atoms with Crippen molar-refractivity contribution in [3.63, 3.8) is 0 Å². The van der Waals surface area contributed by atoms with E-state index in [9.17, 15) is 5.21 Å². The van der Waals surface area contributed by atoms with Crippen molar-refractivity contribution in [2.24, 2.45) is 0 Å². The van der Waals surface area contributed by atoms with Gasteiger partial charge in [0.15, 0.2) is 12.4 Å². The lowest BCUT2D eigenvalue weighted by Gasteiger charge is -1.99. The molecular formula is C5H2Br3NO. The molecule has 5 heteroatoms. The summed E-state index contributed by atoms with van der Waals surface area (Å²) < 4.78 is 3.03. The molecule has 0 N–H and O–H groups in total. The minimum atomic E-state index is 0.721. The highest BCUT2D eigenvalue weighted by atomic mass is 79.9. The van der Waals surface area contributed by atoms with E-state index in [2.05, 4.69) is 47.8 Å². The smallest absolute Gasteiger partial charge is 0.195 e. The van der Waals surface area contributed by atoms with Gasteiger partial charge in [0.25, 0.3) is 0 Å². The van der Waals surface area contributed by atoms with Crippen LogP contribution in [0.5, 0.6) is 0 Å². The molecule has 10 heavy (non-hydrogen) atoms. The monoisotopic (exact) mass is 329 g/mol. The Balaban J connectivity index is 3.31. The van der Waals surface area contributed by atoms with Crippen molar-refractivity contribution in [1.82, 2.24) is 0 Å². The van der Waals surface area contributed by atoms with Crippen LogP contribution in [-0.2, 0) is 0 Å². The molecule has 0 saturated heterocycles. The number of aromatic nitrogens is 1. The first-order valence-corrected chi connectivity index (χ1v) is 4.72. The van der Waals surface area contributed by atoms with Crippen molar-refractivity contribution < 1.29 is 4.73 Å². The van der Waals surface area contributed by atoms with Gasteiger partial charge in [-0.05, 0) is 47.8 Å². The predicted octanol–water partition coefficient (Wildman–Crippen LogP) is 2.61. The molecule has 0 aliphatic heterocycles. The van der Waals surface area contributed by atoms with Gasteiger partial charge in [-0.2, -0.15) is 4.73 Å². The highest BCUT2D eigenvalue weighted by Gasteiger charge is 2.05. The molecule has 0 atom stereocenters. The molecule has 54 valence electrons. The van der Waals surface area contributed by atoms with Crippen molar-refractivity contribution in [3.05, 3.63) is 31.0 Å². The van der Waals surface area contributed by atoms with Gasteiger partial charge in [-0.3, -0.25) is 0 Å². The molecule has 2 nitrogen and oxygen atoms in total. The first kappa shape index (κ1) is 8.49. The molecule has 0 bridgehead atoms. The van der Waals surface area contributed by atoms with Gasteiger partial charge in [0.1, 0.15) is 0 Å².